The lowest BCUT2D eigenvalue weighted by Gasteiger charge is -2.70. The van der Waals surface area contributed by atoms with E-state index < -0.39 is 79.4 Å². The Kier molecular flexibility index (Phi) is 12.5. The van der Waals surface area contributed by atoms with Crippen molar-refractivity contribution in [3.05, 3.63) is 11.6 Å². The average Bonchev–Trinajstić information content (AvgIpc) is 3.51. The first-order chi connectivity index (χ1) is 25.6. The van der Waals surface area contributed by atoms with E-state index in [9.17, 15) is 46.0 Å². The van der Waals surface area contributed by atoms with Gasteiger partial charge in [-0.2, -0.15) is 0 Å². The van der Waals surface area contributed by atoms with Gasteiger partial charge in [0.1, 0.15) is 36.6 Å². The molecular formula is C43H74O12. The summed E-state index contributed by atoms with van der Waals surface area (Å²) in [7, 11) is 0. The highest BCUT2D eigenvalue weighted by atomic mass is 16.7. The van der Waals surface area contributed by atoms with Crippen LogP contribution in [0.4, 0.5) is 0 Å². The molecular weight excluding hydrogens is 708 g/mol. The summed E-state index contributed by atoms with van der Waals surface area (Å²) in [6.07, 6.45) is -3.50. The van der Waals surface area contributed by atoms with Crippen molar-refractivity contribution in [2.45, 2.75) is 193 Å². The smallest absolute Gasteiger partial charge is 0.186 e. The van der Waals surface area contributed by atoms with Gasteiger partial charge < -0.3 is 60.2 Å². The molecule has 0 spiro atoms. The molecule has 5 aliphatic carbocycles. The molecule has 5 saturated carbocycles. The van der Waals surface area contributed by atoms with E-state index in [4.69, 9.17) is 14.2 Å². The summed E-state index contributed by atoms with van der Waals surface area (Å²) < 4.78 is 18.4. The second kappa shape index (κ2) is 15.7. The molecule has 1 aliphatic heterocycles. The van der Waals surface area contributed by atoms with Crippen molar-refractivity contribution in [1.29, 1.82) is 0 Å². The van der Waals surface area contributed by atoms with Crippen LogP contribution in [0.5, 0.6) is 0 Å². The van der Waals surface area contributed by atoms with Crippen LogP contribution in [0.2, 0.25) is 0 Å². The van der Waals surface area contributed by atoms with Gasteiger partial charge in [0.15, 0.2) is 6.29 Å². The molecule has 0 radical (unpaired) electrons. The zero-order valence-electron chi connectivity index (χ0n) is 34.5. The van der Waals surface area contributed by atoms with E-state index in [-0.39, 0.29) is 52.6 Å². The van der Waals surface area contributed by atoms with Gasteiger partial charge in [0.05, 0.1) is 43.2 Å². The zero-order valence-corrected chi connectivity index (χ0v) is 34.5. The molecule has 1 saturated heterocycles. The number of fused-ring (bicyclic) bond motifs is 5. The molecule has 2 unspecified atom stereocenters. The number of hydrogen-bond acceptors (Lipinski definition) is 12. The molecule has 0 amide bonds. The van der Waals surface area contributed by atoms with E-state index in [0.29, 0.717) is 24.7 Å². The molecule has 9 N–H and O–H groups in total. The molecule has 0 aromatic rings. The highest BCUT2D eigenvalue weighted by Crippen LogP contribution is 2.76. The van der Waals surface area contributed by atoms with Crippen molar-refractivity contribution in [2.24, 2.45) is 51.2 Å². The number of aliphatic hydroxyl groups excluding tert-OH is 9. The predicted octanol–water partition coefficient (Wildman–Crippen LogP) is 2.81. The van der Waals surface area contributed by atoms with Gasteiger partial charge in [-0.25, -0.2) is 0 Å². The zero-order chi connectivity index (χ0) is 40.6. The molecule has 6 fully saturated rings. The number of allylic oxidation sites excluding steroid dienone is 2. The summed E-state index contributed by atoms with van der Waals surface area (Å²) in [5.74, 6) is -0.183. The molecule has 55 heavy (non-hydrogen) atoms. The number of hydrogen-bond donors (Lipinski definition) is 9. The van der Waals surface area contributed by atoms with E-state index in [1.165, 1.54) is 5.57 Å². The first kappa shape index (κ1) is 43.8. The lowest BCUT2D eigenvalue weighted by atomic mass is 9.35. The topological polar surface area (TPSA) is 210 Å². The standard InChI is InChI=1S/C43H74O12/c1-22(2)10-9-14-43(8,55-26-18-23(32(47)35(50)33(26)48)21-53-38-37(52)36(51)34(49)27(20-44)54-38)24-11-16-42(7)31(24)25(45)19-29-40(5)15-13-30(46)39(3,4)28(40)12-17-41(29,42)6/h10,23-38,44-52H,9,11-21H2,1-8H3/t23-,24+,25-,26-,27-,28?,29-,30+,31+,32-,33+,34-,35+,36+,37-,38-,40+,41-,42-,43?/m1/s1. The van der Waals surface area contributed by atoms with Crippen molar-refractivity contribution in [2.75, 3.05) is 13.2 Å². The Labute approximate surface area is 328 Å². The van der Waals surface area contributed by atoms with Crippen LogP contribution in [0.15, 0.2) is 11.6 Å². The summed E-state index contributed by atoms with van der Waals surface area (Å²) in [6, 6.07) is 0. The highest BCUT2D eigenvalue weighted by Gasteiger charge is 2.71. The average molecular weight is 783 g/mol. The van der Waals surface area contributed by atoms with Crippen molar-refractivity contribution in [1.82, 2.24) is 0 Å². The van der Waals surface area contributed by atoms with Crippen LogP contribution < -0.4 is 0 Å². The molecule has 20 atom stereocenters. The molecule has 6 rings (SSSR count). The Hall–Kier alpha value is -0.740. The van der Waals surface area contributed by atoms with Gasteiger partial charge >= 0.3 is 0 Å². The van der Waals surface area contributed by atoms with E-state index in [1.54, 1.807) is 0 Å². The first-order valence-electron chi connectivity index (χ1n) is 21.2. The summed E-state index contributed by atoms with van der Waals surface area (Å²) in [5.41, 5.74) is -0.0391. The SMILES string of the molecule is CC(C)=CCCC(C)(O[C@@H]1C[C@H](CO[C@@H]2O[C@H](CO)[C@@H](O)[C@H](O)[C@H]2O)[C@@H](O)[C@H](O)[C@H]1O)[C@H]1CC[C@]2(C)[C@@H]1[C@H](O)C[C@@H]1[C@@]3(C)CC[C@H](O)C(C)(C)C3CC[C@]12C. The third-order valence-electron chi connectivity index (χ3n) is 17.2. The maximum Gasteiger partial charge on any atom is 0.186 e. The summed E-state index contributed by atoms with van der Waals surface area (Å²) in [6.45, 7) is 17.1. The fraction of sp³-hybridized carbons (Fsp3) is 0.953. The lowest BCUT2D eigenvalue weighted by Crippen LogP contribution is -2.66. The molecule has 1 heterocycles. The first-order valence-corrected chi connectivity index (χ1v) is 21.2. The number of rotatable bonds is 10. The Morgan fingerprint density at radius 2 is 1.42 bits per heavy atom. The van der Waals surface area contributed by atoms with Gasteiger partial charge in [0.25, 0.3) is 0 Å². The van der Waals surface area contributed by atoms with Crippen molar-refractivity contribution < 1.29 is 60.2 Å². The third kappa shape index (κ3) is 7.22. The second-order valence-electron chi connectivity index (χ2n) is 20.6. The summed E-state index contributed by atoms with van der Waals surface area (Å²) in [5, 5.41) is 97.9. The molecule has 6 aliphatic rings. The molecule has 12 nitrogen and oxygen atoms in total. The Morgan fingerprint density at radius 1 is 0.764 bits per heavy atom. The lowest BCUT2D eigenvalue weighted by molar-refractivity contribution is -0.308. The Bertz CT molecular complexity index is 1370. The summed E-state index contributed by atoms with van der Waals surface area (Å²) in [4.78, 5) is 0. The largest absolute Gasteiger partial charge is 0.394 e. The van der Waals surface area contributed by atoms with Crippen LogP contribution in [0.1, 0.15) is 120 Å². The minimum absolute atomic E-state index is 0.00188. The van der Waals surface area contributed by atoms with Gasteiger partial charge in [0.2, 0.25) is 0 Å². The molecule has 318 valence electrons. The van der Waals surface area contributed by atoms with Crippen LogP contribution in [0.3, 0.4) is 0 Å². The second-order valence-corrected chi connectivity index (χ2v) is 20.6. The van der Waals surface area contributed by atoms with Crippen molar-refractivity contribution >= 4 is 0 Å². The molecule has 0 aromatic heterocycles. The Balaban J connectivity index is 1.25. The van der Waals surface area contributed by atoms with Gasteiger partial charge in [-0.1, -0.05) is 46.3 Å². The van der Waals surface area contributed by atoms with Crippen LogP contribution in [-0.2, 0) is 14.2 Å². The normalized spacial score (nSPS) is 52.0. The predicted molar refractivity (Wildman–Crippen MR) is 204 cm³/mol. The van der Waals surface area contributed by atoms with Gasteiger partial charge in [-0.05, 0) is 130 Å². The fourth-order valence-corrected chi connectivity index (χ4v) is 13.7. The quantitative estimate of drug-likeness (QED) is 0.147. The molecule has 12 heteroatoms. The van der Waals surface area contributed by atoms with E-state index in [0.717, 1.165) is 44.9 Å². The van der Waals surface area contributed by atoms with Gasteiger partial charge in [-0.3, -0.25) is 0 Å². The van der Waals surface area contributed by atoms with Gasteiger partial charge in [0, 0.05) is 5.92 Å². The number of ether oxygens (including phenoxy) is 3. The summed E-state index contributed by atoms with van der Waals surface area (Å²) >= 11 is 0. The van der Waals surface area contributed by atoms with E-state index in [1.807, 2.05) is 0 Å². The molecule has 0 aromatic carbocycles. The molecule has 0 bridgehead atoms. The third-order valence-corrected chi connectivity index (χ3v) is 17.2. The highest BCUT2D eigenvalue weighted by molar-refractivity contribution is 5.20. The maximum absolute atomic E-state index is 12.5. The minimum atomic E-state index is -1.62. The maximum atomic E-state index is 12.5. The minimum Gasteiger partial charge on any atom is -0.394 e. The van der Waals surface area contributed by atoms with E-state index >= 15 is 0 Å². The fourth-order valence-electron chi connectivity index (χ4n) is 13.7. The van der Waals surface area contributed by atoms with Crippen LogP contribution in [0, 0.1) is 51.2 Å². The van der Waals surface area contributed by atoms with Crippen molar-refractivity contribution in [3.8, 4) is 0 Å². The Morgan fingerprint density at radius 3 is 2.07 bits per heavy atom. The van der Waals surface area contributed by atoms with E-state index in [2.05, 4.69) is 61.5 Å². The number of aliphatic hydroxyl groups is 9. The van der Waals surface area contributed by atoms with Crippen molar-refractivity contribution in [3.63, 3.8) is 0 Å². The van der Waals surface area contributed by atoms with Gasteiger partial charge in [-0.15, -0.1) is 0 Å². The monoisotopic (exact) mass is 783 g/mol. The van der Waals surface area contributed by atoms with Crippen LogP contribution in [0.25, 0.3) is 0 Å². The van der Waals surface area contributed by atoms with Crippen LogP contribution >= 0.6 is 0 Å². The van der Waals surface area contributed by atoms with Crippen LogP contribution in [-0.4, -0.2) is 132 Å².